The SMILES string of the molecule is ClC1CCCCCC1C1=NOC=CC=C1. The number of allylic oxidation sites excluding steroid dienone is 3. The third-order valence-corrected chi connectivity index (χ3v) is 3.51. The summed E-state index contributed by atoms with van der Waals surface area (Å²) in [4.78, 5) is 5.04. The Labute approximate surface area is 95.6 Å². The van der Waals surface area contributed by atoms with Gasteiger partial charge in [-0.2, -0.15) is 0 Å². The van der Waals surface area contributed by atoms with Gasteiger partial charge < -0.3 is 4.84 Å². The zero-order valence-corrected chi connectivity index (χ0v) is 9.49. The Balaban J connectivity index is 2.10. The zero-order chi connectivity index (χ0) is 10.5. The molecular weight excluding hydrogens is 210 g/mol. The lowest BCUT2D eigenvalue weighted by molar-refractivity contribution is 0.266. The molecule has 0 aromatic rings. The molecule has 2 nitrogen and oxygen atoms in total. The molecule has 3 heteroatoms. The van der Waals surface area contributed by atoms with E-state index in [-0.39, 0.29) is 5.38 Å². The zero-order valence-electron chi connectivity index (χ0n) is 8.73. The molecule has 1 heterocycles. The van der Waals surface area contributed by atoms with Gasteiger partial charge in [0.15, 0.2) is 0 Å². The molecule has 0 saturated heterocycles. The minimum Gasteiger partial charge on any atom is -0.365 e. The molecule has 2 rings (SSSR count). The molecule has 0 amide bonds. The minimum absolute atomic E-state index is 0.206. The van der Waals surface area contributed by atoms with Crippen molar-refractivity contribution in [1.82, 2.24) is 0 Å². The largest absolute Gasteiger partial charge is 0.365 e. The van der Waals surface area contributed by atoms with Gasteiger partial charge in [-0.3, -0.25) is 0 Å². The minimum atomic E-state index is 0.206. The van der Waals surface area contributed by atoms with Crippen LogP contribution in [0.3, 0.4) is 0 Å². The fraction of sp³-hybridized carbons (Fsp3) is 0.583. The first-order chi connectivity index (χ1) is 7.38. The van der Waals surface area contributed by atoms with Crippen molar-refractivity contribution in [3.63, 3.8) is 0 Å². The van der Waals surface area contributed by atoms with Crippen LogP contribution in [0.5, 0.6) is 0 Å². The molecule has 0 aromatic heterocycles. The second kappa shape index (κ2) is 5.36. The van der Waals surface area contributed by atoms with Gasteiger partial charge in [0.2, 0.25) is 0 Å². The molecule has 0 radical (unpaired) electrons. The summed E-state index contributed by atoms with van der Waals surface area (Å²) in [7, 11) is 0. The van der Waals surface area contributed by atoms with E-state index in [9.17, 15) is 0 Å². The quantitative estimate of drug-likeness (QED) is 0.493. The Morgan fingerprint density at radius 3 is 3.00 bits per heavy atom. The monoisotopic (exact) mass is 225 g/mol. The fourth-order valence-corrected chi connectivity index (χ4v) is 2.55. The number of nitrogens with zero attached hydrogens (tertiary/aromatic N) is 1. The molecule has 1 saturated carbocycles. The highest BCUT2D eigenvalue weighted by Gasteiger charge is 2.25. The molecule has 2 aliphatic rings. The van der Waals surface area contributed by atoms with Crippen LogP contribution in [-0.4, -0.2) is 11.1 Å². The normalized spacial score (nSPS) is 31.4. The second-order valence-electron chi connectivity index (χ2n) is 4.07. The summed E-state index contributed by atoms with van der Waals surface area (Å²) >= 11 is 6.38. The van der Waals surface area contributed by atoms with E-state index in [1.165, 1.54) is 19.3 Å². The van der Waals surface area contributed by atoms with Crippen molar-refractivity contribution in [3.05, 3.63) is 24.5 Å². The molecular formula is C12H16ClNO. The van der Waals surface area contributed by atoms with E-state index in [1.54, 1.807) is 6.26 Å². The molecule has 82 valence electrons. The third kappa shape index (κ3) is 2.85. The van der Waals surface area contributed by atoms with Crippen LogP contribution in [-0.2, 0) is 4.84 Å². The number of hydrogen-bond acceptors (Lipinski definition) is 2. The van der Waals surface area contributed by atoms with Crippen LogP contribution in [0.1, 0.15) is 32.1 Å². The van der Waals surface area contributed by atoms with Crippen LogP contribution in [0, 0.1) is 5.92 Å². The van der Waals surface area contributed by atoms with E-state index >= 15 is 0 Å². The number of hydrogen-bond donors (Lipinski definition) is 0. The number of oxime groups is 1. The lowest BCUT2D eigenvalue weighted by Crippen LogP contribution is -2.22. The summed E-state index contributed by atoms with van der Waals surface area (Å²) in [6.07, 6.45) is 13.4. The van der Waals surface area contributed by atoms with Gasteiger partial charge in [0.05, 0.1) is 5.71 Å². The molecule has 0 N–H and O–H groups in total. The smallest absolute Gasteiger partial charge is 0.122 e. The summed E-state index contributed by atoms with van der Waals surface area (Å²) in [6.45, 7) is 0. The van der Waals surface area contributed by atoms with Crippen LogP contribution in [0.4, 0.5) is 0 Å². The number of halogens is 1. The lowest BCUT2D eigenvalue weighted by atomic mass is 9.94. The van der Waals surface area contributed by atoms with Gasteiger partial charge in [-0.05, 0) is 25.0 Å². The average molecular weight is 226 g/mol. The van der Waals surface area contributed by atoms with Crippen molar-refractivity contribution in [2.75, 3.05) is 0 Å². The van der Waals surface area contributed by atoms with Crippen molar-refractivity contribution < 1.29 is 4.84 Å². The van der Waals surface area contributed by atoms with Crippen LogP contribution in [0.2, 0.25) is 0 Å². The summed E-state index contributed by atoms with van der Waals surface area (Å²) < 4.78 is 0. The van der Waals surface area contributed by atoms with Crippen LogP contribution in [0.25, 0.3) is 0 Å². The summed E-state index contributed by atoms with van der Waals surface area (Å²) in [5.74, 6) is 0.352. The summed E-state index contributed by atoms with van der Waals surface area (Å²) in [6, 6.07) is 0. The highest BCUT2D eigenvalue weighted by Crippen LogP contribution is 2.29. The summed E-state index contributed by atoms with van der Waals surface area (Å²) in [5.41, 5.74) is 0.988. The molecule has 1 fully saturated rings. The number of rotatable bonds is 1. The Kier molecular flexibility index (Phi) is 3.84. The first-order valence-electron chi connectivity index (χ1n) is 5.59. The van der Waals surface area contributed by atoms with Crippen molar-refractivity contribution in [3.8, 4) is 0 Å². The van der Waals surface area contributed by atoms with Crippen LogP contribution < -0.4 is 0 Å². The van der Waals surface area contributed by atoms with E-state index in [4.69, 9.17) is 16.4 Å². The highest BCUT2D eigenvalue weighted by molar-refractivity contribution is 6.23. The Bertz CT molecular complexity index is 296. The Morgan fingerprint density at radius 2 is 2.07 bits per heavy atom. The van der Waals surface area contributed by atoms with Gasteiger partial charge in [-0.25, -0.2) is 0 Å². The van der Waals surface area contributed by atoms with E-state index in [0.29, 0.717) is 5.92 Å². The summed E-state index contributed by atoms with van der Waals surface area (Å²) in [5, 5.41) is 4.30. The van der Waals surface area contributed by atoms with E-state index < -0.39 is 0 Å². The predicted molar refractivity (Wildman–Crippen MR) is 63.0 cm³/mol. The molecule has 15 heavy (non-hydrogen) atoms. The molecule has 0 spiro atoms. The maximum atomic E-state index is 6.38. The van der Waals surface area contributed by atoms with Gasteiger partial charge in [0.1, 0.15) is 6.26 Å². The number of alkyl halides is 1. The third-order valence-electron chi connectivity index (χ3n) is 2.99. The average Bonchev–Trinajstić information content (AvgIpc) is 2.59. The molecule has 1 aliphatic carbocycles. The fourth-order valence-electron chi connectivity index (χ4n) is 2.14. The van der Waals surface area contributed by atoms with Gasteiger partial charge in [-0.15, -0.1) is 11.6 Å². The lowest BCUT2D eigenvalue weighted by Gasteiger charge is -2.18. The topological polar surface area (TPSA) is 21.6 Å². The molecule has 2 unspecified atom stereocenters. The molecule has 2 atom stereocenters. The predicted octanol–water partition coefficient (Wildman–Crippen LogP) is 3.63. The Hall–Kier alpha value is -0.760. The van der Waals surface area contributed by atoms with Gasteiger partial charge in [0.25, 0.3) is 0 Å². The van der Waals surface area contributed by atoms with Gasteiger partial charge in [0, 0.05) is 11.3 Å². The van der Waals surface area contributed by atoms with Gasteiger partial charge >= 0.3 is 0 Å². The van der Waals surface area contributed by atoms with Crippen molar-refractivity contribution in [1.29, 1.82) is 0 Å². The van der Waals surface area contributed by atoms with Gasteiger partial charge in [-0.1, -0.05) is 30.5 Å². The highest BCUT2D eigenvalue weighted by atomic mass is 35.5. The van der Waals surface area contributed by atoms with Crippen LogP contribution in [0.15, 0.2) is 29.6 Å². The second-order valence-corrected chi connectivity index (χ2v) is 4.63. The molecule has 0 bridgehead atoms. The Morgan fingerprint density at radius 1 is 1.20 bits per heavy atom. The van der Waals surface area contributed by atoms with Crippen molar-refractivity contribution >= 4 is 17.3 Å². The van der Waals surface area contributed by atoms with E-state index in [0.717, 1.165) is 18.6 Å². The van der Waals surface area contributed by atoms with E-state index in [1.807, 2.05) is 18.2 Å². The maximum absolute atomic E-state index is 6.38. The first kappa shape index (κ1) is 10.7. The standard InChI is InChI=1S/C12H16ClNO/c13-11-7-3-1-2-6-10(11)12-8-4-5-9-15-14-12/h4-5,8-11H,1-3,6-7H2. The molecule has 0 aromatic carbocycles. The molecule has 1 aliphatic heterocycles. The van der Waals surface area contributed by atoms with Crippen molar-refractivity contribution in [2.24, 2.45) is 11.1 Å². The van der Waals surface area contributed by atoms with Crippen molar-refractivity contribution in [2.45, 2.75) is 37.5 Å². The van der Waals surface area contributed by atoms with E-state index in [2.05, 4.69) is 5.16 Å². The maximum Gasteiger partial charge on any atom is 0.122 e. The van der Waals surface area contributed by atoms with Crippen LogP contribution >= 0.6 is 11.6 Å². The first-order valence-corrected chi connectivity index (χ1v) is 6.02.